The van der Waals surface area contributed by atoms with Crippen molar-refractivity contribution in [2.75, 3.05) is 0 Å². The van der Waals surface area contributed by atoms with E-state index in [9.17, 15) is 4.79 Å². The second-order valence-electron chi connectivity index (χ2n) is 4.10. The normalized spacial score (nSPS) is 10.4. The number of rotatable bonds is 4. The Morgan fingerprint density at radius 3 is 2.20 bits per heavy atom. The maximum atomic E-state index is 11.5. The van der Waals surface area contributed by atoms with Crippen molar-refractivity contribution in [2.24, 2.45) is 0 Å². The minimum absolute atomic E-state index is 0.0871. The van der Waals surface area contributed by atoms with Crippen LogP contribution in [0, 0.1) is 0 Å². The van der Waals surface area contributed by atoms with Gasteiger partial charge in [0.1, 0.15) is 11.5 Å². The summed E-state index contributed by atoms with van der Waals surface area (Å²) in [5, 5.41) is 1.10. The third-order valence-corrected chi connectivity index (χ3v) is 3.72. The highest BCUT2D eigenvalue weighted by Crippen LogP contribution is 2.36. The molecule has 0 aliphatic carbocycles. The Morgan fingerprint density at radius 1 is 1.00 bits per heavy atom. The number of carbonyl (C=O) groups excluding carboxylic acids is 1. The molecule has 0 radical (unpaired) electrons. The topological polar surface area (TPSA) is 26.3 Å². The molecule has 0 fully saturated rings. The molecule has 2 nitrogen and oxygen atoms in total. The van der Waals surface area contributed by atoms with Crippen LogP contribution in [-0.2, 0) is 0 Å². The van der Waals surface area contributed by atoms with Crippen LogP contribution in [0.4, 0.5) is 0 Å². The zero-order valence-electron chi connectivity index (χ0n) is 10.6. The summed E-state index contributed by atoms with van der Waals surface area (Å²) in [6, 6.07) is 9.93. The maximum Gasteiger partial charge on any atom is 0.162 e. The Morgan fingerprint density at radius 2 is 1.60 bits per heavy atom. The van der Waals surface area contributed by atoms with Crippen molar-refractivity contribution in [1.82, 2.24) is 0 Å². The lowest BCUT2D eigenvalue weighted by Gasteiger charge is -2.09. The average Bonchev–Trinajstić information content (AvgIpc) is 2.44. The molecule has 0 unspecified atom stereocenters. The lowest BCUT2D eigenvalue weighted by Crippen LogP contribution is -1.95. The fourth-order valence-electron chi connectivity index (χ4n) is 1.62. The summed E-state index contributed by atoms with van der Waals surface area (Å²) in [6.45, 7) is 1.82. The SMILES string of the molecule is CCC(=O)c1ccc(Oc2cc(Cl)c(Cl)cc2Cl)cc1. The van der Waals surface area contributed by atoms with Crippen molar-refractivity contribution in [2.45, 2.75) is 13.3 Å². The Balaban J connectivity index is 2.22. The van der Waals surface area contributed by atoms with Crippen LogP contribution < -0.4 is 4.74 Å². The molecule has 0 spiro atoms. The third kappa shape index (κ3) is 3.45. The van der Waals surface area contributed by atoms with Crippen LogP contribution in [0.1, 0.15) is 23.7 Å². The van der Waals surface area contributed by atoms with Gasteiger partial charge in [-0.25, -0.2) is 0 Å². The molecule has 0 bridgehead atoms. The van der Waals surface area contributed by atoms with Gasteiger partial charge in [-0.05, 0) is 30.3 Å². The van der Waals surface area contributed by atoms with E-state index in [0.717, 1.165) is 0 Å². The van der Waals surface area contributed by atoms with Gasteiger partial charge in [-0.3, -0.25) is 4.79 Å². The van der Waals surface area contributed by atoms with E-state index in [2.05, 4.69) is 0 Å². The van der Waals surface area contributed by atoms with Gasteiger partial charge in [0.05, 0.1) is 15.1 Å². The van der Waals surface area contributed by atoms with Crippen LogP contribution in [0.25, 0.3) is 0 Å². The fraction of sp³-hybridized carbons (Fsp3) is 0.133. The smallest absolute Gasteiger partial charge is 0.162 e. The Labute approximate surface area is 132 Å². The zero-order valence-corrected chi connectivity index (χ0v) is 12.9. The van der Waals surface area contributed by atoms with Crippen LogP contribution in [0.3, 0.4) is 0 Å². The molecule has 0 aliphatic heterocycles. The molecule has 104 valence electrons. The summed E-state index contributed by atoms with van der Waals surface area (Å²) in [5.41, 5.74) is 0.653. The molecule has 2 aromatic rings. The van der Waals surface area contributed by atoms with Gasteiger partial charge in [0.25, 0.3) is 0 Å². The summed E-state index contributed by atoms with van der Waals surface area (Å²) in [7, 11) is 0. The average molecular weight is 330 g/mol. The second kappa shape index (κ2) is 6.49. The van der Waals surface area contributed by atoms with Gasteiger partial charge in [0.15, 0.2) is 5.78 Å². The molecule has 0 aliphatic rings. The Bertz CT molecular complexity index is 636. The zero-order chi connectivity index (χ0) is 14.7. The highest BCUT2D eigenvalue weighted by Gasteiger charge is 2.09. The monoisotopic (exact) mass is 328 g/mol. The van der Waals surface area contributed by atoms with Gasteiger partial charge < -0.3 is 4.74 Å². The molecular formula is C15H11Cl3O2. The van der Waals surface area contributed by atoms with Crippen molar-refractivity contribution < 1.29 is 9.53 Å². The fourth-order valence-corrected chi connectivity index (χ4v) is 2.20. The number of hydrogen-bond acceptors (Lipinski definition) is 2. The first-order valence-electron chi connectivity index (χ1n) is 5.97. The van der Waals surface area contributed by atoms with Gasteiger partial charge in [0, 0.05) is 18.1 Å². The van der Waals surface area contributed by atoms with E-state index in [0.29, 0.717) is 38.6 Å². The largest absolute Gasteiger partial charge is 0.456 e. The van der Waals surface area contributed by atoms with Crippen molar-refractivity contribution in [3.63, 3.8) is 0 Å². The minimum atomic E-state index is 0.0871. The van der Waals surface area contributed by atoms with E-state index in [1.165, 1.54) is 6.07 Å². The van der Waals surface area contributed by atoms with Crippen molar-refractivity contribution in [1.29, 1.82) is 0 Å². The molecule has 2 aromatic carbocycles. The predicted molar refractivity (Wildman–Crippen MR) is 82.6 cm³/mol. The number of halogens is 3. The van der Waals surface area contributed by atoms with Gasteiger partial charge >= 0.3 is 0 Å². The van der Waals surface area contributed by atoms with E-state index < -0.39 is 0 Å². The summed E-state index contributed by atoms with van der Waals surface area (Å²) in [5.74, 6) is 1.07. The van der Waals surface area contributed by atoms with E-state index in [1.54, 1.807) is 30.3 Å². The summed E-state index contributed by atoms with van der Waals surface area (Å²) in [6.07, 6.45) is 0.471. The third-order valence-electron chi connectivity index (χ3n) is 2.70. The summed E-state index contributed by atoms with van der Waals surface area (Å²) in [4.78, 5) is 11.5. The lowest BCUT2D eigenvalue weighted by molar-refractivity contribution is 0.0988. The second-order valence-corrected chi connectivity index (χ2v) is 5.32. The van der Waals surface area contributed by atoms with Crippen LogP contribution in [-0.4, -0.2) is 5.78 Å². The lowest BCUT2D eigenvalue weighted by atomic mass is 10.1. The van der Waals surface area contributed by atoms with E-state index in [-0.39, 0.29) is 5.78 Å². The predicted octanol–water partition coefficient (Wildman–Crippen LogP) is 6.03. The number of ketones is 1. The first kappa shape index (κ1) is 15.2. The number of ether oxygens (including phenoxy) is 1. The first-order valence-corrected chi connectivity index (χ1v) is 7.10. The molecule has 0 saturated carbocycles. The Kier molecular flexibility index (Phi) is 4.92. The molecule has 0 saturated heterocycles. The molecule has 2 rings (SSSR count). The number of benzene rings is 2. The molecule has 0 aromatic heterocycles. The molecule has 0 heterocycles. The molecule has 0 amide bonds. The van der Waals surface area contributed by atoms with Gasteiger partial charge in [-0.15, -0.1) is 0 Å². The number of carbonyl (C=O) groups is 1. The molecule has 20 heavy (non-hydrogen) atoms. The molecule has 0 N–H and O–H groups in total. The van der Waals surface area contributed by atoms with Gasteiger partial charge in [0.2, 0.25) is 0 Å². The Hall–Kier alpha value is -1.22. The van der Waals surface area contributed by atoms with Crippen LogP contribution in [0.15, 0.2) is 36.4 Å². The summed E-state index contributed by atoms with van der Waals surface area (Å²) >= 11 is 17.8. The van der Waals surface area contributed by atoms with E-state index >= 15 is 0 Å². The summed E-state index contributed by atoms with van der Waals surface area (Å²) < 4.78 is 5.63. The van der Waals surface area contributed by atoms with Crippen LogP contribution in [0.2, 0.25) is 15.1 Å². The molecular weight excluding hydrogens is 319 g/mol. The molecule has 0 atom stereocenters. The first-order chi connectivity index (χ1) is 9.51. The van der Waals surface area contributed by atoms with Gasteiger partial charge in [-0.1, -0.05) is 41.7 Å². The minimum Gasteiger partial charge on any atom is -0.456 e. The maximum absolute atomic E-state index is 11.5. The van der Waals surface area contributed by atoms with Gasteiger partial charge in [-0.2, -0.15) is 0 Å². The van der Waals surface area contributed by atoms with E-state index in [1.807, 2.05) is 6.92 Å². The molecule has 5 heteroatoms. The number of Topliss-reactive ketones (excluding diaryl/α,β-unsaturated/α-hetero) is 1. The highest BCUT2D eigenvalue weighted by atomic mass is 35.5. The van der Waals surface area contributed by atoms with Crippen LogP contribution >= 0.6 is 34.8 Å². The number of hydrogen-bond donors (Lipinski definition) is 0. The van der Waals surface area contributed by atoms with Crippen molar-refractivity contribution in [3.8, 4) is 11.5 Å². The van der Waals surface area contributed by atoms with Crippen molar-refractivity contribution >= 4 is 40.6 Å². The van der Waals surface area contributed by atoms with E-state index in [4.69, 9.17) is 39.5 Å². The quantitative estimate of drug-likeness (QED) is 0.505. The van der Waals surface area contributed by atoms with Crippen molar-refractivity contribution in [3.05, 3.63) is 57.0 Å². The standard InChI is InChI=1S/C15H11Cl3O2/c1-2-14(19)9-3-5-10(6-4-9)20-15-8-12(17)11(16)7-13(15)18/h3-8H,2H2,1H3. The highest BCUT2D eigenvalue weighted by molar-refractivity contribution is 6.43. The van der Waals surface area contributed by atoms with Crippen LogP contribution in [0.5, 0.6) is 11.5 Å².